The van der Waals surface area contributed by atoms with E-state index in [1.807, 2.05) is 36.4 Å². The van der Waals surface area contributed by atoms with Crippen molar-refractivity contribution < 1.29 is 19.7 Å². The Balaban J connectivity index is 2.05. The van der Waals surface area contributed by atoms with Gasteiger partial charge in [0, 0.05) is 0 Å². The summed E-state index contributed by atoms with van der Waals surface area (Å²) in [6, 6.07) is 11.1. The van der Waals surface area contributed by atoms with Gasteiger partial charge in [0.25, 0.3) is 0 Å². The van der Waals surface area contributed by atoms with Crippen LogP contribution in [0.2, 0.25) is 0 Å². The number of fused-ring (bicyclic) bond motifs is 6. The molecule has 2 aliphatic rings. The molecule has 0 unspecified atom stereocenters. The third kappa shape index (κ3) is 3.78. The van der Waals surface area contributed by atoms with Gasteiger partial charge < -0.3 is 19.7 Å². The molecule has 4 bridgehead atoms. The zero-order chi connectivity index (χ0) is 16.9. The summed E-state index contributed by atoms with van der Waals surface area (Å²) in [4.78, 5) is 0. The minimum Gasteiger partial charge on any atom is -0.504 e. The fourth-order valence-corrected chi connectivity index (χ4v) is 2.61. The van der Waals surface area contributed by atoms with E-state index in [2.05, 4.69) is 0 Å². The van der Waals surface area contributed by atoms with Crippen LogP contribution in [-0.2, 0) is 6.42 Å². The number of aromatic hydroxyl groups is 1. The van der Waals surface area contributed by atoms with Crippen LogP contribution < -0.4 is 9.47 Å². The van der Waals surface area contributed by atoms with E-state index in [9.17, 15) is 10.2 Å². The van der Waals surface area contributed by atoms with Gasteiger partial charge in [-0.25, -0.2) is 0 Å². The lowest BCUT2D eigenvalue weighted by Gasteiger charge is -2.13. The molecule has 0 saturated carbocycles. The normalized spacial score (nSPS) is 19.7. The van der Waals surface area contributed by atoms with Gasteiger partial charge in [-0.15, -0.1) is 0 Å². The van der Waals surface area contributed by atoms with Crippen LogP contribution in [0, 0.1) is 0 Å². The van der Waals surface area contributed by atoms with Crippen molar-refractivity contribution >= 4 is 6.08 Å². The molecule has 0 fully saturated rings. The fraction of sp³-hybridized carbons (Fsp3) is 0.200. The Bertz CT molecular complexity index is 760. The molecule has 4 heteroatoms. The summed E-state index contributed by atoms with van der Waals surface area (Å²) in [5.41, 5.74) is 1.90. The molecule has 2 heterocycles. The lowest BCUT2D eigenvalue weighted by molar-refractivity contribution is 0.213. The number of phenols is 1. The van der Waals surface area contributed by atoms with Gasteiger partial charge in [-0.3, -0.25) is 0 Å². The monoisotopic (exact) mass is 324 g/mol. The van der Waals surface area contributed by atoms with Crippen LogP contribution in [0.5, 0.6) is 23.0 Å². The van der Waals surface area contributed by atoms with Crippen molar-refractivity contribution in [1.82, 2.24) is 0 Å². The summed E-state index contributed by atoms with van der Waals surface area (Å²) in [6.45, 7) is 0. The molecular formula is C20H20O4. The van der Waals surface area contributed by atoms with Gasteiger partial charge in [0.1, 0.15) is 5.75 Å². The van der Waals surface area contributed by atoms with Crippen LogP contribution in [-0.4, -0.2) is 23.4 Å². The van der Waals surface area contributed by atoms with Crippen molar-refractivity contribution in [3.8, 4) is 23.0 Å². The summed E-state index contributed by atoms with van der Waals surface area (Å²) in [5, 5.41) is 20.1. The van der Waals surface area contributed by atoms with E-state index < -0.39 is 6.10 Å². The van der Waals surface area contributed by atoms with Crippen molar-refractivity contribution in [3.63, 3.8) is 0 Å². The predicted octanol–water partition coefficient (Wildman–Crippen LogP) is 4.07. The number of aryl methyl sites for hydroxylation is 1. The maximum atomic E-state index is 10.2. The number of phenolic OH excluding ortho intramolecular Hbond substituents is 1. The van der Waals surface area contributed by atoms with Crippen molar-refractivity contribution in [2.24, 2.45) is 0 Å². The van der Waals surface area contributed by atoms with Crippen molar-refractivity contribution in [2.45, 2.75) is 18.9 Å². The minimum atomic E-state index is -0.490. The molecule has 0 aliphatic carbocycles. The molecule has 2 aliphatic heterocycles. The van der Waals surface area contributed by atoms with Gasteiger partial charge in [-0.05, 0) is 48.2 Å². The summed E-state index contributed by atoms with van der Waals surface area (Å²) in [5.74, 6) is 1.42. The highest BCUT2D eigenvalue weighted by Gasteiger charge is 2.13. The SMILES string of the molecule is COc1c(O)cc2cc1Oc1ccc(cc1)CC[C@@H](O)/C=C/C=C\2. The van der Waals surface area contributed by atoms with E-state index in [0.29, 0.717) is 23.7 Å². The summed E-state index contributed by atoms with van der Waals surface area (Å²) in [7, 11) is 1.49. The van der Waals surface area contributed by atoms with Crippen LogP contribution in [0.1, 0.15) is 17.5 Å². The Morgan fingerprint density at radius 2 is 1.92 bits per heavy atom. The molecule has 2 aromatic carbocycles. The molecule has 124 valence electrons. The lowest BCUT2D eigenvalue weighted by Crippen LogP contribution is -2.03. The molecule has 1 atom stereocenters. The summed E-state index contributed by atoms with van der Waals surface area (Å²) < 4.78 is 11.1. The van der Waals surface area contributed by atoms with Crippen LogP contribution in [0.4, 0.5) is 0 Å². The first-order chi connectivity index (χ1) is 11.7. The quantitative estimate of drug-likeness (QED) is 0.830. The Labute approximate surface area is 141 Å². The maximum Gasteiger partial charge on any atom is 0.203 e. The number of hydrogen-bond acceptors (Lipinski definition) is 4. The van der Waals surface area contributed by atoms with E-state index in [1.54, 1.807) is 24.3 Å². The minimum absolute atomic E-state index is 0.0135. The molecule has 0 radical (unpaired) electrons. The average Bonchev–Trinajstić information content (AvgIpc) is 2.58. The molecular weight excluding hydrogens is 304 g/mol. The first kappa shape index (κ1) is 16.1. The number of benzene rings is 2. The van der Waals surface area contributed by atoms with Crippen molar-refractivity contribution in [2.75, 3.05) is 7.11 Å². The van der Waals surface area contributed by atoms with E-state index in [0.717, 1.165) is 17.5 Å². The van der Waals surface area contributed by atoms with E-state index in [-0.39, 0.29) is 5.75 Å². The number of methoxy groups -OCH3 is 1. The fourth-order valence-electron chi connectivity index (χ4n) is 2.61. The largest absolute Gasteiger partial charge is 0.504 e. The molecule has 0 spiro atoms. The Hall–Kier alpha value is -2.72. The second kappa shape index (κ2) is 7.23. The third-order valence-electron chi connectivity index (χ3n) is 3.87. The van der Waals surface area contributed by atoms with Crippen LogP contribution >= 0.6 is 0 Å². The number of allylic oxidation sites excluding steroid dienone is 2. The van der Waals surface area contributed by atoms with E-state index >= 15 is 0 Å². The highest BCUT2D eigenvalue weighted by Crippen LogP contribution is 2.40. The van der Waals surface area contributed by atoms with E-state index in [1.165, 1.54) is 7.11 Å². The average molecular weight is 324 g/mol. The number of ether oxygens (including phenoxy) is 2. The first-order valence-electron chi connectivity index (χ1n) is 7.86. The summed E-state index contributed by atoms with van der Waals surface area (Å²) in [6.07, 6.45) is 8.16. The van der Waals surface area contributed by atoms with Crippen LogP contribution in [0.3, 0.4) is 0 Å². The molecule has 24 heavy (non-hydrogen) atoms. The highest BCUT2D eigenvalue weighted by atomic mass is 16.5. The predicted molar refractivity (Wildman–Crippen MR) is 93.7 cm³/mol. The van der Waals surface area contributed by atoms with Gasteiger partial charge in [-0.1, -0.05) is 36.4 Å². The second-order valence-corrected chi connectivity index (χ2v) is 5.67. The van der Waals surface area contributed by atoms with Gasteiger partial charge in [0.05, 0.1) is 13.2 Å². The lowest BCUT2D eigenvalue weighted by atomic mass is 10.1. The van der Waals surface area contributed by atoms with Gasteiger partial charge in [-0.2, -0.15) is 0 Å². The molecule has 4 rings (SSSR count). The van der Waals surface area contributed by atoms with Crippen LogP contribution in [0.15, 0.2) is 54.6 Å². The van der Waals surface area contributed by atoms with E-state index in [4.69, 9.17) is 9.47 Å². The zero-order valence-corrected chi connectivity index (χ0v) is 13.5. The molecule has 4 nitrogen and oxygen atoms in total. The number of aliphatic hydroxyl groups is 1. The first-order valence-corrected chi connectivity index (χ1v) is 7.86. The zero-order valence-electron chi connectivity index (χ0n) is 13.5. The van der Waals surface area contributed by atoms with Gasteiger partial charge in [0.15, 0.2) is 11.5 Å². The topological polar surface area (TPSA) is 58.9 Å². The second-order valence-electron chi connectivity index (χ2n) is 5.67. The molecule has 0 amide bonds. The number of aliphatic hydroxyl groups excluding tert-OH is 1. The highest BCUT2D eigenvalue weighted by molar-refractivity contribution is 5.63. The number of hydrogen-bond donors (Lipinski definition) is 2. The molecule has 0 saturated heterocycles. The summed E-state index contributed by atoms with van der Waals surface area (Å²) >= 11 is 0. The van der Waals surface area contributed by atoms with Gasteiger partial charge in [0.2, 0.25) is 5.75 Å². The Kier molecular flexibility index (Phi) is 4.87. The van der Waals surface area contributed by atoms with Crippen molar-refractivity contribution in [1.29, 1.82) is 0 Å². The van der Waals surface area contributed by atoms with Crippen molar-refractivity contribution in [3.05, 3.63) is 65.8 Å². The third-order valence-corrected chi connectivity index (χ3v) is 3.87. The molecule has 2 N–H and O–H groups in total. The standard InChI is InChI=1S/C20H20O4/c1-23-20-18(22)12-15-4-2-3-5-16(21)9-6-14-7-10-17(11-8-14)24-19(20)13-15/h2-5,7-8,10-13,16,21-22H,6,9H2,1H3/b4-2-,5-3+/t16-/m0/s1. The number of rotatable bonds is 1. The smallest absolute Gasteiger partial charge is 0.203 e. The molecule has 2 aromatic rings. The molecule has 0 aromatic heterocycles. The maximum absolute atomic E-state index is 10.2. The van der Waals surface area contributed by atoms with Gasteiger partial charge >= 0.3 is 0 Å². The Morgan fingerprint density at radius 3 is 2.67 bits per heavy atom. The van der Waals surface area contributed by atoms with Crippen LogP contribution in [0.25, 0.3) is 6.08 Å². The Morgan fingerprint density at radius 1 is 1.12 bits per heavy atom.